The van der Waals surface area contributed by atoms with E-state index in [4.69, 9.17) is 10.5 Å². The number of hydrogen-bond donors (Lipinski definition) is 1. The van der Waals surface area contributed by atoms with E-state index in [0.29, 0.717) is 17.7 Å². The van der Waals surface area contributed by atoms with E-state index in [-0.39, 0.29) is 13.2 Å². The van der Waals surface area contributed by atoms with Crippen molar-refractivity contribution in [3.8, 4) is 5.75 Å². The van der Waals surface area contributed by atoms with Gasteiger partial charge in [-0.2, -0.15) is 0 Å². The average molecular weight is 182 g/mol. The van der Waals surface area contributed by atoms with E-state index < -0.39 is 0 Å². The van der Waals surface area contributed by atoms with E-state index in [1.165, 1.54) is 0 Å². The van der Waals surface area contributed by atoms with Crippen molar-refractivity contribution in [3.05, 3.63) is 36.4 Å². The van der Waals surface area contributed by atoms with Gasteiger partial charge in [0.2, 0.25) is 0 Å². The van der Waals surface area contributed by atoms with Gasteiger partial charge in [0.25, 0.3) is 0 Å². The van der Waals surface area contributed by atoms with Crippen molar-refractivity contribution in [2.75, 3.05) is 13.2 Å². The minimum absolute atomic E-state index is 0.168. The van der Waals surface area contributed by atoms with Gasteiger partial charge in [-0.15, -0.1) is 0 Å². The van der Waals surface area contributed by atoms with Crippen molar-refractivity contribution in [2.24, 2.45) is 5.73 Å². The number of nitrogens with zero attached hydrogens (tertiary/aromatic N) is 1. The summed E-state index contributed by atoms with van der Waals surface area (Å²) in [5, 5.41) is 0. The number of rotatable bonds is 4. The molecule has 0 aromatic carbocycles. The molecule has 0 saturated carbocycles. The maximum absolute atomic E-state index is 12.0. The quantitative estimate of drug-likeness (QED) is 0.762. The molecule has 0 aliphatic rings. The van der Waals surface area contributed by atoms with Crippen LogP contribution in [0.3, 0.4) is 0 Å². The van der Waals surface area contributed by atoms with Crippen LogP contribution in [0.4, 0.5) is 4.39 Å². The first kappa shape index (κ1) is 9.67. The van der Waals surface area contributed by atoms with Crippen LogP contribution in [0.1, 0.15) is 0 Å². The van der Waals surface area contributed by atoms with Crippen LogP contribution in [0.2, 0.25) is 0 Å². The summed E-state index contributed by atoms with van der Waals surface area (Å²) in [6.45, 7) is 0.346. The maximum atomic E-state index is 12.0. The zero-order valence-corrected chi connectivity index (χ0v) is 7.11. The lowest BCUT2D eigenvalue weighted by Crippen LogP contribution is -2.10. The Morgan fingerprint density at radius 1 is 1.54 bits per heavy atom. The van der Waals surface area contributed by atoms with E-state index in [1.807, 2.05) is 0 Å². The van der Waals surface area contributed by atoms with Gasteiger partial charge in [-0.1, -0.05) is 0 Å². The molecule has 1 aromatic rings. The lowest BCUT2D eigenvalue weighted by atomic mass is 10.3. The normalized spacial score (nSPS) is 11.4. The standard InChI is InChI=1S/C9H11FN2O/c10-5-8(6-11)7-13-9-1-3-12-4-2-9/h1-5H,6-7,11H2/b8-5-. The van der Waals surface area contributed by atoms with Crippen LogP contribution in [-0.4, -0.2) is 18.1 Å². The fourth-order valence-corrected chi connectivity index (χ4v) is 0.745. The lowest BCUT2D eigenvalue weighted by molar-refractivity contribution is 0.347. The molecule has 70 valence electrons. The summed E-state index contributed by atoms with van der Waals surface area (Å²) in [7, 11) is 0. The molecule has 0 radical (unpaired) electrons. The predicted molar refractivity (Wildman–Crippen MR) is 48.0 cm³/mol. The Morgan fingerprint density at radius 2 is 2.23 bits per heavy atom. The molecule has 0 amide bonds. The molecule has 0 aliphatic heterocycles. The average Bonchev–Trinajstić information content (AvgIpc) is 2.21. The molecular weight excluding hydrogens is 171 g/mol. The van der Waals surface area contributed by atoms with E-state index in [9.17, 15) is 4.39 Å². The van der Waals surface area contributed by atoms with E-state index in [0.717, 1.165) is 0 Å². The van der Waals surface area contributed by atoms with Crippen molar-refractivity contribution < 1.29 is 9.13 Å². The molecule has 13 heavy (non-hydrogen) atoms. The van der Waals surface area contributed by atoms with Crippen LogP contribution in [0.15, 0.2) is 36.4 Å². The molecule has 0 saturated heterocycles. The predicted octanol–water partition coefficient (Wildman–Crippen LogP) is 1.27. The fourth-order valence-electron chi connectivity index (χ4n) is 0.745. The molecule has 0 bridgehead atoms. The van der Waals surface area contributed by atoms with E-state index in [1.54, 1.807) is 24.5 Å². The Balaban J connectivity index is 2.43. The molecule has 0 atom stereocenters. The molecule has 0 unspecified atom stereocenters. The number of hydrogen-bond acceptors (Lipinski definition) is 3. The molecule has 0 spiro atoms. The van der Waals surface area contributed by atoms with Gasteiger partial charge in [0.1, 0.15) is 12.4 Å². The Kier molecular flexibility index (Phi) is 3.92. The van der Waals surface area contributed by atoms with Crippen molar-refractivity contribution >= 4 is 0 Å². The van der Waals surface area contributed by atoms with Gasteiger partial charge < -0.3 is 10.5 Å². The summed E-state index contributed by atoms with van der Waals surface area (Å²) < 4.78 is 17.2. The Morgan fingerprint density at radius 3 is 2.77 bits per heavy atom. The molecular formula is C9H11FN2O. The Labute approximate surface area is 76.0 Å². The molecule has 1 rings (SSSR count). The third-order valence-corrected chi connectivity index (χ3v) is 1.49. The second-order valence-electron chi connectivity index (χ2n) is 2.44. The summed E-state index contributed by atoms with van der Waals surface area (Å²) in [5.41, 5.74) is 5.67. The second kappa shape index (κ2) is 5.27. The summed E-state index contributed by atoms with van der Waals surface area (Å²) in [6.07, 6.45) is 3.69. The van der Waals surface area contributed by atoms with E-state index >= 15 is 0 Å². The summed E-state index contributed by atoms with van der Waals surface area (Å²) in [4.78, 5) is 3.82. The van der Waals surface area contributed by atoms with Crippen molar-refractivity contribution in [2.45, 2.75) is 0 Å². The minimum atomic E-state index is 0.168. The molecule has 0 fully saturated rings. The summed E-state index contributed by atoms with van der Waals surface area (Å²) >= 11 is 0. The number of pyridine rings is 1. The second-order valence-corrected chi connectivity index (χ2v) is 2.44. The first-order valence-corrected chi connectivity index (χ1v) is 3.88. The van der Waals surface area contributed by atoms with Gasteiger partial charge in [-0.05, 0) is 12.1 Å². The highest BCUT2D eigenvalue weighted by Crippen LogP contribution is 2.08. The van der Waals surface area contributed by atoms with Crippen molar-refractivity contribution in [1.29, 1.82) is 0 Å². The minimum Gasteiger partial charge on any atom is -0.489 e. The van der Waals surface area contributed by atoms with Crippen molar-refractivity contribution in [3.63, 3.8) is 0 Å². The first-order chi connectivity index (χ1) is 6.36. The number of halogens is 1. The molecule has 3 nitrogen and oxygen atoms in total. The van der Waals surface area contributed by atoms with Crippen LogP contribution < -0.4 is 10.5 Å². The van der Waals surface area contributed by atoms with Gasteiger partial charge in [0.15, 0.2) is 0 Å². The van der Waals surface area contributed by atoms with Crippen LogP contribution in [0.5, 0.6) is 5.75 Å². The highest BCUT2D eigenvalue weighted by Gasteiger charge is 1.96. The lowest BCUT2D eigenvalue weighted by Gasteiger charge is -2.05. The molecule has 2 N–H and O–H groups in total. The van der Waals surface area contributed by atoms with Crippen LogP contribution in [0, 0.1) is 0 Å². The zero-order chi connectivity index (χ0) is 9.52. The highest BCUT2D eigenvalue weighted by atomic mass is 19.1. The third-order valence-electron chi connectivity index (χ3n) is 1.49. The largest absolute Gasteiger partial charge is 0.489 e. The van der Waals surface area contributed by atoms with Gasteiger partial charge >= 0.3 is 0 Å². The topological polar surface area (TPSA) is 48.1 Å². The van der Waals surface area contributed by atoms with Gasteiger partial charge in [0.05, 0.1) is 6.33 Å². The SMILES string of the molecule is NC/C(=C/F)COc1ccncc1. The van der Waals surface area contributed by atoms with Gasteiger partial charge in [-0.3, -0.25) is 4.98 Å². The Bertz CT molecular complexity index is 274. The molecule has 1 heterocycles. The number of ether oxygens (including phenoxy) is 1. The number of nitrogens with two attached hydrogens (primary N) is 1. The summed E-state index contributed by atoms with van der Waals surface area (Å²) in [6, 6.07) is 3.40. The number of aromatic nitrogens is 1. The van der Waals surface area contributed by atoms with Crippen molar-refractivity contribution in [1.82, 2.24) is 4.98 Å². The van der Waals surface area contributed by atoms with Gasteiger partial charge in [0, 0.05) is 24.5 Å². The Hall–Kier alpha value is -1.42. The highest BCUT2D eigenvalue weighted by molar-refractivity contribution is 5.18. The van der Waals surface area contributed by atoms with Crippen LogP contribution in [-0.2, 0) is 0 Å². The van der Waals surface area contributed by atoms with Crippen LogP contribution in [0.25, 0.3) is 0 Å². The fraction of sp³-hybridized carbons (Fsp3) is 0.222. The molecule has 4 heteroatoms. The van der Waals surface area contributed by atoms with Crippen LogP contribution >= 0.6 is 0 Å². The molecule has 0 aliphatic carbocycles. The zero-order valence-electron chi connectivity index (χ0n) is 7.11. The maximum Gasteiger partial charge on any atom is 0.122 e. The van der Waals surface area contributed by atoms with Gasteiger partial charge in [-0.25, -0.2) is 4.39 Å². The molecule has 1 aromatic heterocycles. The summed E-state index contributed by atoms with van der Waals surface area (Å²) in [5.74, 6) is 0.655. The van der Waals surface area contributed by atoms with E-state index in [2.05, 4.69) is 4.98 Å². The first-order valence-electron chi connectivity index (χ1n) is 3.88. The smallest absolute Gasteiger partial charge is 0.122 e. The third kappa shape index (κ3) is 3.21. The monoisotopic (exact) mass is 182 g/mol.